The first-order chi connectivity index (χ1) is 17.6. The second-order valence-corrected chi connectivity index (χ2v) is 8.78. The van der Waals surface area contributed by atoms with Crippen LogP contribution in [0.4, 0.5) is 5.69 Å². The van der Waals surface area contributed by atoms with E-state index in [0.717, 1.165) is 18.0 Å². The predicted molar refractivity (Wildman–Crippen MR) is 137 cm³/mol. The summed E-state index contributed by atoms with van der Waals surface area (Å²) in [5.41, 5.74) is 2.58. The molecule has 0 spiro atoms. The summed E-state index contributed by atoms with van der Waals surface area (Å²) in [5, 5.41) is 6.75. The average Bonchev–Trinajstić information content (AvgIpc) is 3.48. The van der Waals surface area contributed by atoms with Crippen molar-refractivity contribution in [2.45, 2.75) is 12.2 Å². The molecule has 2 aliphatic rings. The molecule has 0 radical (unpaired) electrons. The number of carbonyl (C=O) groups excluding carboxylic acids is 2. The standard InChI is InChI=1S/C27H29N5O4/c1-35-23-9-7-19(8-10-23)21-17-28-27(29-18-21)30-22-5-2-4-20(16-22)25(33)31-11-13-32(14-12-31)26(34)24-6-3-15-36-24/h2-10,15-17,21,27,29-30H,11-14,18H2,1H3. The van der Waals surface area contributed by atoms with E-state index in [1.165, 1.54) is 11.8 Å². The molecule has 36 heavy (non-hydrogen) atoms. The van der Waals surface area contributed by atoms with Gasteiger partial charge in [0.2, 0.25) is 0 Å². The average molecular weight is 488 g/mol. The van der Waals surface area contributed by atoms with Gasteiger partial charge in [-0.3, -0.25) is 19.9 Å². The zero-order chi connectivity index (χ0) is 24.9. The lowest BCUT2D eigenvalue weighted by molar-refractivity contribution is 0.0518. The molecule has 2 unspecified atom stereocenters. The van der Waals surface area contributed by atoms with Gasteiger partial charge in [0.05, 0.1) is 13.4 Å². The summed E-state index contributed by atoms with van der Waals surface area (Å²) in [6.45, 7) is 2.64. The fourth-order valence-electron chi connectivity index (χ4n) is 4.43. The first-order valence-corrected chi connectivity index (χ1v) is 12.0. The van der Waals surface area contributed by atoms with Gasteiger partial charge in [-0.15, -0.1) is 0 Å². The van der Waals surface area contributed by atoms with Crippen molar-refractivity contribution in [2.24, 2.45) is 4.99 Å². The number of ether oxygens (including phenoxy) is 1. The van der Waals surface area contributed by atoms with Crippen LogP contribution in [0.15, 0.2) is 76.3 Å². The lowest BCUT2D eigenvalue weighted by Crippen LogP contribution is -2.50. The maximum Gasteiger partial charge on any atom is 0.289 e. The normalized spacial score (nSPS) is 19.7. The van der Waals surface area contributed by atoms with Gasteiger partial charge in [0, 0.05) is 56.1 Å². The third-order valence-electron chi connectivity index (χ3n) is 6.49. The van der Waals surface area contributed by atoms with Gasteiger partial charge in [0.1, 0.15) is 5.75 Å². The minimum Gasteiger partial charge on any atom is -0.497 e. The maximum absolute atomic E-state index is 13.1. The molecule has 3 aromatic rings. The van der Waals surface area contributed by atoms with E-state index in [-0.39, 0.29) is 24.0 Å². The quantitative estimate of drug-likeness (QED) is 0.555. The first kappa shape index (κ1) is 23.6. The summed E-state index contributed by atoms with van der Waals surface area (Å²) in [5.74, 6) is 1.14. The van der Waals surface area contributed by atoms with Crippen LogP contribution in [0.25, 0.3) is 0 Å². The lowest BCUT2D eigenvalue weighted by atomic mass is 9.99. The molecule has 5 rings (SSSR count). The largest absolute Gasteiger partial charge is 0.497 e. The minimum absolute atomic E-state index is 0.0524. The molecule has 2 aliphatic heterocycles. The van der Waals surface area contributed by atoms with Crippen molar-refractivity contribution in [2.75, 3.05) is 45.2 Å². The smallest absolute Gasteiger partial charge is 0.289 e. The molecule has 2 aromatic carbocycles. The number of carbonyl (C=O) groups is 2. The number of rotatable bonds is 6. The summed E-state index contributed by atoms with van der Waals surface area (Å²) < 4.78 is 10.4. The Morgan fingerprint density at radius 1 is 1.00 bits per heavy atom. The van der Waals surface area contributed by atoms with Gasteiger partial charge in [-0.1, -0.05) is 18.2 Å². The van der Waals surface area contributed by atoms with Crippen molar-refractivity contribution in [1.29, 1.82) is 0 Å². The Bertz CT molecular complexity index is 1220. The number of hydrogen-bond donors (Lipinski definition) is 2. The fourth-order valence-corrected chi connectivity index (χ4v) is 4.43. The van der Waals surface area contributed by atoms with E-state index in [1.807, 2.05) is 54.7 Å². The first-order valence-electron chi connectivity index (χ1n) is 12.0. The van der Waals surface area contributed by atoms with Crippen molar-refractivity contribution in [3.63, 3.8) is 0 Å². The molecule has 1 fully saturated rings. The van der Waals surface area contributed by atoms with Crippen LogP contribution in [-0.2, 0) is 0 Å². The van der Waals surface area contributed by atoms with Gasteiger partial charge >= 0.3 is 0 Å². The summed E-state index contributed by atoms with van der Waals surface area (Å²) >= 11 is 0. The minimum atomic E-state index is -0.277. The number of furan rings is 1. The van der Waals surface area contributed by atoms with Crippen LogP contribution in [0.3, 0.4) is 0 Å². The number of hydrogen-bond acceptors (Lipinski definition) is 7. The van der Waals surface area contributed by atoms with Crippen LogP contribution in [0.5, 0.6) is 5.75 Å². The molecule has 9 heteroatoms. The molecule has 2 N–H and O–H groups in total. The third-order valence-corrected chi connectivity index (χ3v) is 6.49. The van der Waals surface area contributed by atoms with Gasteiger partial charge in [-0.2, -0.15) is 0 Å². The summed E-state index contributed by atoms with van der Waals surface area (Å²) in [6, 6.07) is 18.8. The number of anilines is 1. The van der Waals surface area contributed by atoms with E-state index in [1.54, 1.807) is 29.0 Å². The third kappa shape index (κ3) is 5.26. The molecule has 0 bridgehead atoms. The number of amides is 2. The van der Waals surface area contributed by atoms with E-state index < -0.39 is 0 Å². The number of nitrogens with zero attached hydrogens (tertiary/aromatic N) is 3. The van der Waals surface area contributed by atoms with Crippen LogP contribution in [0.1, 0.15) is 32.4 Å². The Morgan fingerprint density at radius 3 is 2.39 bits per heavy atom. The van der Waals surface area contributed by atoms with Gasteiger partial charge < -0.3 is 24.3 Å². The van der Waals surface area contributed by atoms with Crippen LogP contribution in [0.2, 0.25) is 0 Å². The molecular formula is C27H29N5O4. The van der Waals surface area contributed by atoms with E-state index >= 15 is 0 Å². The van der Waals surface area contributed by atoms with E-state index in [2.05, 4.69) is 15.6 Å². The second kappa shape index (κ2) is 10.7. The van der Waals surface area contributed by atoms with Gasteiger partial charge in [-0.05, 0) is 48.0 Å². The van der Waals surface area contributed by atoms with E-state index in [0.29, 0.717) is 37.5 Å². The summed E-state index contributed by atoms with van der Waals surface area (Å²) in [7, 11) is 1.66. The Kier molecular flexibility index (Phi) is 6.99. The highest BCUT2D eigenvalue weighted by atomic mass is 16.5. The van der Waals surface area contributed by atoms with Crippen molar-refractivity contribution in [1.82, 2.24) is 15.1 Å². The molecule has 9 nitrogen and oxygen atoms in total. The van der Waals surface area contributed by atoms with Crippen LogP contribution >= 0.6 is 0 Å². The number of methoxy groups -OCH3 is 1. The highest BCUT2D eigenvalue weighted by Crippen LogP contribution is 2.21. The van der Waals surface area contributed by atoms with Crippen LogP contribution in [-0.4, -0.2) is 74.0 Å². The van der Waals surface area contributed by atoms with Gasteiger partial charge in [-0.25, -0.2) is 0 Å². The van der Waals surface area contributed by atoms with Gasteiger partial charge in [0.25, 0.3) is 11.8 Å². The predicted octanol–water partition coefficient (Wildman–Crippen LogP) is 3.04. The Balaban J connectivity index is 1.16. The maximum atomic E-state index is 13.1. The fraction of sp³-hybridized carbons (Fsp3) is 0.296. The van der Waals surface area contributed by atoms with Crippen molar-refractivity contribution < 1.29 is 18.7 Å². The SMILES string of the molecule is COc1ccc(C2C=NC(Nc3cccc(C(=O)N4CCN(C(=O)c5ccco5)CC4)c3)NC2)cc1. The van der Waals surface area contributed by atoms with Gasteiger partial charge in [0.15, 0.2) is 12.0 Å². The summed E-state index contributed by atoms with van der Waals surface area (Å²) in [6.07, 6.45) is 3.16. The molecule has 186 valence electrons. The molecular weight excluding hydrogens is 458 g/mol. The number of nitrogens with one attached hydrogen (secondary N) is 2. The number of benzene rings is 2. The van der Waals surface area contributed by atoms with E-state index in [4.69, 9.17) is 9.15 Å². The monoisotopic (exact) mass is 487 g/mol. The van der Waals surface area contributed by atoms with Crippen LogP contribution < -0.4 is 15.4 Å². The highest BCUT2D eigenvalue weighted by Gasteiger charge is 2.27. The Morgan fingerprint density at radius 2 is 1.75 bits per heavy atom. The highest BCUT2D eigenvalue weighted by molar-refractivity contribution is 5.96. The number of aliphatic imine (C=N–C) groups is 1. The summed E-state index contributed by atoms with van der Waals surface area (Å²) in [4.78, 5) is 33.7. The molecule has 2 atom stereocenters. The second-order valence-electron chi connectivity index (χ2n) is 8.78. The zero-order valence-electron chi connectivity index (χ0n) is 20.1. The molecule has 1 saturated heterocycles. The lowest BCUT2D eigenvalue weighted by Gasteiger charge is -2.34. The molecule has 0 aliphatic carbocycles. The van der Waals surface area contributed by atoms with Crippen molar-refractivity contribution >= 4 is 23.7 Å². The molecule has 2 amide bonds. The molecule has 3 heterocycles. The molecule has 0 saturated carbocycles. The number of piperazine rings is 1. The zero-order valence-corrected chi connectivity index (χ0v) is 20.1. The Hall–Kier alpha value is -4.11. The van der Waals surface area contributed by atoms with E-state index in [9.17, 15) is 9.59 Å². The van der Waals surface area contributed by atoms with Crippen molar-refractivity contribution in [3.05, 3.63) is 83.8 Å². The molecule has 1 aromatic heterocycles. The topological polar surface area (TPSA) is 99.4 Å². The van der Waals surface area contributed by atoms with Crippen molar-refractivity contribution in [3.8, 4) is 5.75 Å². The van der Waals surface area contributed by atoms with Crippen LogP contribution in [0, 0.1) is 0 Å². The Labute approximate surface area is 209 Å².